The van der Waals surface area contributed by atoms with E-state index in [1.54, 1.807) is 30.9 Å². The fraction of sp³-hybridized carbons (Fsp3) is 0.300. The van der Waals surface area contributed by atoms with Crippen LogP contribution >= 0.6 is 34.5 Å². The van der Waals surface area contributed by atoms with Gasteiger partial charge in [0.05, 0.1) is 23.1 Å². The van der Waals surface area contributed by atoms with E-state index >= 15 is 0 Å². The first-order valence-corrected chi connectivity index (χ1v) is 12.0. The van der Waals surface area contributed by atoms with Gasteiger partial charge in [0.25, 0.3) is 0 Å². The number of anilines is 1. The first-order chi connectivity index (χ1) is 16.2. The van der Waals surface area contributed by atoms with E-state index < -0.39 is 12.1 Å². The molecule has 0 aliphatic heterocycles. The van der Waals surface area contributed by atoms with Crippen molar-refractivity contribution < 1.29 is 14.3 Å². The first kappa shape index (κ1) is 23.9. The molecule has 0 saturated heterocycles. The number of amides is 3. The number of pyridine rings is 1. The maximum Gasteiger partial charge on any atom is 0.415 e. The van der Waals surface area contributed by atoms with Gasteiger partial charge in [-0.15, -0.1) is 11.3 Å². The Balaban J connectivity index is 1.34. The molecule has 0 aliphatic carbocycles. The monoisotopic (exact) mass is 520 g/mol. The molecule has 178 valence electrons. The van der Waals surface area contributed by atoms with Crippen molar-refractivity contribution in [2.75, 3.05) is 12.4 Å². The van der Waals surface area contributed by atoms with Crippen LogP contribution in [0, 0.1) is 13.8 Å². The predicted molar refractivity (Wildman–Crippen MR) is 131 cm³/mol. The number of nitrogens with zero attached hydrogens (tertiary/aromatic N) is 6. The minimum absolute atomic E-state index is 0.101. The van der Waals surface area contributed by atoms with E-state index in [9.17, 15) is 9.59 Å². The topological polar surface area (TPSA) is 127 Å². The molecular formula is C20H21ClN8O3S2. The van der Waals surface area contributed by atoms with Gasteiger partial charge in [-0.25, -0.2) is 19.6 Å². The van der Waals surface area contributed by atoms with E-state index in [4.69, 9.17) is 16.3 Å². The number of nitrogens with one attached hydrogen (secondary N) is 2. The summed E-state index contributed by atoms with van der Waals surface area (Å²) in [5.74, 6) is 0.747. The lowest BCUT2D eigenvalue weighted by Gasteiger charge is -2.16. The quantitative estimate of drug-likeness (QED) is 0.391. The molecule has 0 saturated carbocycles. The van der Waals surface area contributed by atoms with Gasteiger partial charge in [-0.3, -0.25) is 10.00 Å². The fourth-order valence-electron chi connectivity index (χ4n) is 3.17. The molecule has 4 aromatic heterocycles. The largest absolute Gasteiger partial charge is 0.415 e. The van der Waals surface area contributed by atoms with Gasteiger partial charge >= 0.3 is 12.1 Å². The summed E-state index contributed by atoms with van der Waals surface area (Å²) in [4.78, 5) is 35.8. The lowest BCUT2D eigenvalue weighted by atomic mass is 10.2. The summed E-state index contributed by atoms with van der Waals surface area (Å²) in [6.07, 6.45) is -0.581. The smallest absolute Gasteiger partial charge is 0.408 e. The highest BCUT2D eigenvalue weighted by Crippen LogP contribution is 2.27. The van der Waals surface area contributed by atoms with Crippen molar-refractivity contribution in [2.24, 2.45) is 7.05 Å². The number of carbonyl (C=O) groups excluding carboxylic acids is 2. The number of carbonyl (C=O) groups is 2. The molecule has 0 fully saturated rings. The summed E-state index contributed by atoms with van der Waals surface area (Å²) in [7, 11) is 3.35. The molecule has 0 aromatic carbocycles. The van der Waals surface area contributed by atoms with E-state index in [2.05, 4.69) is 30.1 Å². The number of fused-ring (bicyclic) bond motifs is 1. The summed E-state index contributed by atoms with van der Waals surface area (Å²) in [6, 6.07) is 4.90. The van der Waals surface area contributed by atoms with Crippen LogP contribution < -0.4 is 15.4 Å². The molecule has 4 heterocycles. The third-order valence-electron chi connectivity index (χ3n) is 4.68. The summed E-state index contributed by atoms with van der Waals surface area (Å²) in [6.45, 7) is 4.13. The number of hydrogen-bond acceptors (Lipinski definition) is 9. The number of urea groups is 1. The zero-order valence-corrected chi connectivity index (χ0v) is 21.1. The first-order valence-electron chi connectivity index (χ1n) is 10.0. The average Bonchev–Trinajstić information content (AvgIpc) is 3.46. The summed E-state index contributed by atoms with van der Waals surface area (Å²) in [5, 5.41) is 10.0. The van der Waals surface area contributed by atoms with Crippen LogP contribution in [0.25, 0.3) is 11.0 Å². The van der Waals surface area contributed by atoms with Crippen molar-refractivity contribution in [3.05, 3.63) is 44.6 Å². The van der Waals surface area contributed by atoms with Gasteiger partial charge in [-0.1, -0.05) is 11.6 Å². The molecule has 0 bridgehead atoms. The molecule has 4 rings (SSSR count). The minimum Gasteiger partial charge on any atom is -0.408 e. The second-order valence-electron chi connectivity index (χ2n) is 7.42. The second kappa shape index (κ2) is 9.91. The SMILES string of the molecule is Cc1cc(OC(=O)N(C)Cc2nsc(NC(=O)NCc3ccc(Cl)s3)n2)c2c(n1)c(C)nn2C. The number of aromatic nitrogens is 5. The maximum atomic E-state index is 12.7. The highest BCUT2D eigenvalue weighted by atomic mass is 35.5. The van der Waals surface area contributed by atoms with Gasteiger partial charge in [-0.05, 0) is 26.0 Å². The normalized spacial score (nSPS) is 11.0. The number of thiophene rings is 1. The van der Waals surface area contributed by atoms with E-state index in [-0.39, 0.29) is 6.54 Å². The van der Waals surface area contributed by atoms with Crippen LogP contribution in [0.4, 0.5) is 14.7 Å². The van der Waals surface area contributed by atoms with Gasteiger partial charge in [0, 0.05) is 42.3 Å². The lowest BCUT2D eigenvalue weighted by Crippen LogP contribution is -2.30. The molecular weight excluding hydrogens is 500 g/mol. The van der Waals surface area contributed by atoms with Crippen molar-refractivity contribution in [2.45, 2.75) is 26.9 Å². The van der Waals surface area contributed by atoms with Gasteiger partial charge in [0.15, 0.2) is 11.6 Å². The number of hydrogen-bond donors (Lipinski definition) is 2. The minimum atomic E-state index is -0.581. The average molecular weight is 521 g/mol. The van der Waals surface area contributed by atoms with Crippen LogP contribution in [0.1, 0.15) is 22.1 Å². The third kappa shape index (κ3) is 5.43. The lowest BCUT2D eigenvalue weighted by molar-refractivity contribution is 0.160. The Bertz CT molecular complexity index is 1370. The van der Waals surface area contributed by atoms with Crippen LogP contribution in [0.15, 0.2) is 18.2 Å². The standard InChI is InChI=1S/C20H21ClN8O3S2/c1-10-7-13(17-16(23-10)11(2)26-29(17)4)32-20(31)28(3)9-15-24-19(34-27-15)25-18(30)22-8-12-5-6-14(21)33-12/h5-7H,8-9H2,1-4H3,(H2,22,24,25,27,30). The Morgan fingerprint density at radius 3 is 2.79 bits per heavy atom. The highest BCUT2D eigenvalue weighted by molar-refractivity contribution is 7.16. The predicted octanol–water partition coefficient (Wildman–Crippen LogP) is 4.10. The molecule has 0 radical (unpaired) electrons. The van der Waals surface area contributed by atoms with Gasteiger partial charge in [-0.2, -0.15) is 9.47 Å². The number of ether oxygens (including phenoxy) is 1. The van der Waals surface area contributed by atoms with Gasteiger partial charge < -0.3 is 15.0 Å². The van der Waals surface area contributed by atoms with E-state index in [0.717, 1.165) is 22.1 Å². The van der Waals surface area contributed by atoms with Crippen molar-refractivity contribution >= 4 is 62.8 Å². The van der Waals surface area contributed by atoms with E-state index in [0.29, 0.717) is 44.3 Å². The molecule has 3 amide bonds. The number of rotatable bonds is 6. The zero-order chi connectivity index (χ0) is 24.4. The van der Waals surface area contributed by atoms with Crippen molar-refractivity contribution in [3.63, 3.8) is 0 Å². The summed E-state index contributed by atoms with van der Waals surface area (Å²) >= 11 is 8.30. The molecule has 0 spiro atoms. The summed E-state index contributed by atoms with van der Waals surface area (Å²) < 4.78 is 12.1. The van der Waals surface area contributed by atoms with Crippen LogP contribution in [-0.2, 0) is 20.1 Å². The van der Waals surface area contributed by atoms with Gasteiger partial charge in [0.1, 0.15) is 11.0 Å². The highest BCUT2D eigenvalue weighted by Gasteiger charge is 2.20. The maximum absolute atomic E-state index is 12.7. The van der Waals surface area contributed by atoms with Crippen molar-refractivity contribution in [1.29, 1.82) is 0 Å². The van der Waals surface area contributed by atoms with E-state index in [1.165, 1.54) is 16.2 Å². The molecule has 0 aliphatic rings. The fourth-order valence-corrected chi connectivity index (χ4v) is 4.78. The Morgan fingerprint density at radius 1 is 1.26 bits per heavy atom. The molecule has 0 atom stereocenters. The molecule has 0 unspecified atom stereocenters. The van der Waals surface area contributed by atoms with Crippen molar-refractivity contribution in [1.82, 2.24) is 34.3 Å². The third-order valence-corrected chi connectivity index (χ3v) is 6.58. The van der Waals surface area contributed by atoms with Crippen LogP contribution in [0.2, 0.25) is 4.34 Å². The zero-order valence-electron chi connectivity index (χ0n) is 18.7. The van der Waals surface area contributed by atoms with E-state index in [1.807, 2.05) is 19.9 Å². The molecule has 11 nitrogen and oxygen atoms in total. The Morgan fingerprint density at radius 2 is 2.06 bits per heavy atom. The van der Waals surface area contributed by atoms with Crippen molar-refractivity contribution in [3.8, 4) is 5.75 Å². The van der Waals surface area contributed by atoms with Crippen LogP contribution in [0.5, 0.6) is 5.75 Å². The Hall–Kier alpha value is -3.29. The second-order valence-corrected chi connectivity index (χ2v) is 9.97. The Kier molecular flexibility index (Phi) is 6.95. The molecule has 2 N–H and O–H groups in total. The Labute approximate surface area is 207 Å². The number of halogens is 1. The van der Waals surface area contributed by atoms with Gasteiger partial charge in [0.2, 0.25) is 5.13 Å². The molecule has 14 heteroatoms. The molecule has 34 heavy (non-hydrogen) atoms. The molecule has 4 aromatic rings. The number of aryl methyl sites for hydroxylation is 3. The van der Waals surface area contributed by atoms with Crippen LogP contribution in [0.3, 0.4) is 0 Å². The summed E-state index contributed by atoms with van der Waals surface area (Å²) in [5.41, 5.74) is 2.79. The van der Waals surface area contributed by atoms with Crippen LogP contribution in [-0.4, -0.2) is 48.2 Å².